The Bertz CT molecular complexity index is 1250. The minimum atomic E-state index is -0.299. The van der Waals surface area contributed by atoms with Gasteiger partial charge < -0.3 is 19.8 Å². The third-order valence-corrected chi connectivity index (χ3v) is 5.81. The summed E-state index contributed by atoms with van der Waals surface area (Å²) in [5.74, 6) is 1.04. The number of imidazole rings is 2. The Kier molecular flexibility index (Phi) is 5.26. The lowest BCUT2D eigenvalue weighted by molar-refractivity contribution is -0.133. The zero-order valence-electron chi connectivity index (χ0n) is 17.6. The second-order valence-corrected chi connectivity index (χ2v) is 7.95. The second kappa shape index (κ2) is 8.37. The number of fused-ring (bicyclic) bond motifs is 1. The molecule has 1 unspecified atom stereocenters. The fourth-order valence-electron chi connectivity index (χ4n) is 4.23. The average molecular weight is 434 g/mol. The number of carbonyl (C=O) groups is 1. The van der Waals surface area contributed by atoms with E-state index in [1.807, 2.05) is 18.0 Å². The van der Waals surface area contributed by atoms with E-state index in [1.165, 1.54) is 18.5 Å². The van der Waals surface area contributed by atoms with Crippen molar-refractivity contribution in [3.8, 4) is 11.3 Å². The predicted octanol–water partition coefficient (Wildman–Crippen LogP) is 3.07. The molecule has 4 heterocycles. The minimum absolute atomic E-state index is 0.00724. The molecule has 4 aromatic rings. The molecule has 1 aliphatic rings. The Morgan fingerprint density at radius 3 is 3.03 bits per heavy atom. The van der Waals surface area contributed by atoms with E-state index in [0.717, 1.165) is 36.3 Å². The number of hydrogen-bond acceptors (Lipinski definition) is 6. The van der Waals surface area contributed by atoms with Gasteiger partial charge in [-0.1, -0.05) is 12.1 Å². The summed E-state index contributed by atoms with van der Waals surface area (Å²) in [6.07, 6.45) is 7.49. The highest BCUT2D eigenvalue weighted by Crippen LogP contribution is 2.31. The number of amides is 1. The molecule has 164 valence electrons. The molecule has 0 spiro atoms. The van der Waals surface area contributed by atoms with Crippen LogP contribution >= 0.6 is 0 Å². The monoisotopic (exact) mass is 434 g/mol. The highest BCUT2D eigenvalue weighted by atomic mass is 19.1. The number of rotatable bonds is 5. The van der Waals surface area contributed by atoms with E-state index in [0.29, 0.717) is 23.5 Å². The van der Waals surface area contributed by atoms with Gasteiger partial charge in [0.1, 0.15) is 23.5 Å². The molecule has 0 radical (unpaired) electrons. The summed E-state index contributed by atoms with van der Waals surface area (Å²) in [6.45, 7) is 0.829. The van der Waals surface area contributed by atoms with Gasteiger partial charge in [0.25, 0.3) is 0 Å². The molecule has 1 fully saturated rings. The Labute approximate surface area is 183 Å². The zero-order valence-corrected chi connectivity index (χ0v) is 17.6. The van der Waals surface area contributed by atoms with Crippen LogP contribution in [0.4, 0.5) is 10.2 Å². The molecular formula is C22H23FN8O. The second-order valence-electron chi connectivity index (χ2n) is 7.95. The largest absolute Gasteiger partial charge is 0.348 e. The molecule has 1 atom stereocenters. The van der Waals surface area contributed by atoms with Crippen LogP contribution in [0.5, 0.6) is 0 Å². The number of H-pyrrole nitrogens is 2. The number of nitrogens with one attached hydrogen (secondary N) is 2. The van der Waals surface area contributed by atoms with Crippen molar-refractivity contribution in [1.29, 1.82) is 0 Å². The lowest BCUT2D eigenvalue weighted by Crippen LogP contribution is -2.44. The Hall–Kier alpha value is -3.82. The van der Waals surface area contributed by atoms with Crippen molar-refractivity contribution >= 4 is 22.9 Å². The fourth-order valence-corrected chi connectivity index (χ4v) is 4.23. The standard InChI is InChI=1S/C22H23FN8O/c1-30(22-19-21(26-12-25-19)27-13-28-22)11-18(32)31-8-3-2-7-17(31)20-24-10-16(29-20)14-5-4-6-15(23)9-14/h4-6,9-10,12-13,17H,2-3,7-8,11H2,1H3,(H,24,29)(H,25,26,27,28). The molecule has 5 rings (SSSR count). The van der Waals surface area contributed by atoms with E-state index >= 15 is 0 Å². The van der Waals surface area contributed by atoms with Gasteiger partial charge in [0, 0.05) is 19.2 Å². The normalized spacial score (nSPS) is 16.4. The van der Waals surface area contributed by atoms with Crippen LogP contribution in [0.15, 0.2) is 43.1 Å². The van der Waals surface area contributed by atoms with Crippen molar-refractivity contribution in [2.75, 3.05) is 25.0 Å². The first-order chi connectivity index (χ1) is 15.6. The van der Waals surface area contributed by atoms with Gasteiger partial charge in [-0.25, -0.2) is 24.3 Å². The van der Waals surface area contributed by atoms with Gasteiger partial charge in [0.2, 0.25) is 5.91 Å². The molecule has 1 saturated heterocycles. The molecule has 1 aromatic carbocycles. The maximum Gasteiger partial charge on any atom is 0.242 e. The Balaban J connectivity index is 1.35. The number of hydrogen-bond donors (Lipinski definition) is 2. The van der Waals surface area contributed by atoms with Crippen LogP contribution in [-0.2, 0) is 4.79 Å². The summed E-state index contributed by atoms with van der Waals surface area (Å²) in [4.78, 5) is 40.4. The molecule has 2 N–H and O–H groups in total. The van der Waals surface area contributed by atoms with Gasteiger partial charge in [-0.05, 0) is 31.4 Å². The molecule has 0 aliphatic carbocycles. The maximum absolute atomic E-state index is 13.6. The van der Waals surface area contributed by atoms with Crippen LogP contribution in [0.3, 0.4) is 0 Å². The summed E-state index contributed by atoms with van der Waals surface area (Å²) in [5.41, 5.74) is 2.72. The smallest absolute Gasteiger partial charge is 0.242 e. The molecule has 9 nitrogen and oxygen atoms in total. The van der Waals surface area contributed by atoms with E-state index in [-0.39, 0.29) is 24.3 Å². The number of nitrogens with zero attached hydrogens (tertiary/aromatic N) is 6. The van der Waals surface area contributed by atoms with Crippen LogP contribution in [-0.4, -0.2) is 60.8 Å². The van der Waals surface area contributed by atoms with Crippen LogP contribution < -0.4 is 4.90 Å². The number of aromatic nitrogens is 6. The lowest BCUT2D eigenvalue weighted by Gasteiger charge is -2.35. The van der Waals surface area contributed by atoms with Crippen molar-refractivity contribution in [3.05, 3.63) is 54.8 Å². The number of aromatic amines is 2. The first-order valence-corrected chi connectivity index (χ1v) is 10.6. The van der Waals surface area contributed by atoms with E-state index in [9.17, 15) is 9.18 Å². The van der Waals surface area contributed by atoms with Crippen LogP contribution in [0.25, 0.3) is 22.4 Å². The van der Waals surface area contributed by atoms with Gasteiger partial charge >= 0.3 is 0 Å². The third-order valence-electron chi connectivity index (χ3n) is 5.81. The molecule has 0 bridgehead atoms. The topological polar surface area (TPSA) is 107 Å². The first-order valence-electron chi connectivity index (χ1n) is 10.6. The Morgan fingerprint density at radius 2 is 2.16 bits per heavy atom. The highest BCUT2D eigenvalue weighted by molar-refractivity contribution is 5.87. The molecular weight excluding hydrogens is 411 g/mol. The van der Waals surface area contributed by atoms with Gasteiger partial charge in [0.05, 0.1) is 30.8 Å². The van der Waals surface area contributed by atoms with Gasteiger partial charge in [-0.2, -0.15) is 0 Å². The van der Waals surface area contributed by atoms with E-state index in [4.69, 9.17) is 0 Å². The molecule has 1 aliphatic heterocycles. The predicted molar refractivity (Wildman–Crippen MR) is 117 cm³/mol. The third kappa shape index (κ3) is 3.79. The van der Waals surface area contributed by atoms with Crippen molar-refractivity contribution < 1.29 is 9.18 Å². The van der Waals surface area contributed by atoms with E-state index in [1.54, 1.807) is 23.5 Å². The Morgan fingerprint density at radius 1 is 1.25 bits per heavy atom. The fraction of sp³-hybridized carbons (Fsp3) is 0.318. The lowest BCUT2D eigenvalue weighted by atomic mass is 10.0. The quantitative estimate of drug-likeness (QED) is 0.500. The zero-order chi connectivity index (χ0) is 22.1. The molecule has 1 amide bonds. The molecule has 3 aromatic heterocycles. The molecule has 10 heteroatoms. The SMILES string of the molecule is CN(CC(=O)N1CCCCC1c1ncc(-c2cccc(F)c2)[nH]1)c1ncnc2nc[nH]c12. The van der Waals surface area contributed by atoms with Gasteiger partial charge in [-0.3, -0.25) is 4.79 Å². The molecule has 0 saturated carbocycles. The first kappa shape index (κ1) is 20.1. The number of anilines is 1. The summed E-state index contributed by atoms with van der Waals surface area (Å²) in [6, 6.07) is 6.23. The summed E-state index contributed by atoms with van der Waals surface area (Å²) >= 11 is 0. The minimum Gasteiger partial charge on any atom is -0.348 e. The average Bonchev–Trinajstić information content (AvgIpc) is 3.48. The number of likely N-dealkylation sites (N-methyl/N-ethyl adjacent to an activating group) is 1. The van der Waals surface area contributed by atoms with Crippen molar-refractivity contribution in [3.63, 3.8) is 0 Å². The van der Waals surface area contributed by atoms with Crippen LogP contribution in [0, 0.1) is 5.82 Å². The van der Waals surface area contributed by atoms with Gasteiger partial charge in [0.15, 0.2) is 11.5 Å². The highest BCUT2D eigenvalue weighted by Gasteiger charge is 2.31. The van der Waals surface area contributed by atoms with E-state index in [2.05, 4.69) is 29.9 Å². The number of carbonyl (C=O) groups excluding carboxylic acids is 1. The van der Waals surface area contributed by atoms with Crippen molar-refractivity contribution in [2.24, 2.45) is 0 Å². The van der Waals surface area contributed by atoms with Crippen LogP contribution in [0.1, 0.15) is 31.1 Å². The van der Waals surface area contributed by atoms with Crippen molar-refractivity contribution in [2.45, 2.75) is 25.3 Å². The maximum atomic E-state index is 13.6. The summed E-state index contributed by atoms with van der Waals surface area (Å²) in [5, 5.41) is 0. The number of benzene rings is 1. The van der Waals surface area contributed by atoms with E-state index < -0.39 is 0 Å². The number of halogens is 1. The number of piperidine rings is 1. The van der Waals surface area contributed by atoms with Crippen molar-refractivity contribution in [1.82, 2.24) is 34.8 Å². The van der Waals surface area contributed by atoms with Gasteiger partial charge in [-0.15, -0.1) is 0 Å². The van der Waals surface area contributed by atoms with Crippen LogP contribution in [0.2, 0.25) is 0 Å². The summed E-state index contributed by atoms with van der Waals surface area (Å²) in [7, 11) is 1.83. The number of likely N-dealkylation sites (tertiary alicyclic amines) is 1. The molecule has 32 heavy (non-hydrogen) atoms. The summed E-state index contributed by atoms with van der Waals surface area (Å²) < 4.78 is 13.6.